The Hall–Kier alpha value is -2.35. The second kappa shape index (κ2) is 5.13. The Morgan fingerprint density at radius 3 is 2.91 bits per heavy atom. The van der Waals surface area contributed by atoms with Crippen molar-refractivity contribution in [2.45, 2.75) is 6.04 Å². The molecule has 2 aliphatic rings. The summed E-state index contributed by atoms with van der Waals surface area (Å²) in [4.78, 5) is 12.4. The number of allylic oxidation sites excluding steroid dienone is 1. The van der Waals surface area contributed by atoms with Crippen LogP contribution in [0.1, 0.15) is 11.6 Å². The normalized spacial score (nSPS) is 20.2. The van der Waals surface area contributed by atoms with Gasteiger partial charge in [-0.05, 0) is 28.1 Å². The largest absolute Gasteiger partial charge is 0.497 e. The van der Waals surface area contributed by atoms with Crippen LogP contribution in [-0.2, 0) is 4.79 Å². The number of ether oxygens (including phenoxy) is 1. The number of hydrogen-bond donors (Lipinski definition) is 1. The summed E-state index contributed by atoms with van der Waals surface area (Å²) in [5.41, 5.74) is 2.62. The lowest BCUT2D eigenvalue weighted by Crippen LogP contribution is -2.33. The predicted molar refractivity (Wildman–Crippen MR) is 81.9 cm³/mol. The molecule has 4 rings (SSSR count). The number of nitrogens with one attached hydrogen (secondary N) is 1. The van der Waals surface area contributed by atoms with Crippen molar-refractivity contribution in [1.29, 1.82) is 0 Å². The second-order valence-electron chi connectivity index (χ2n) is 5.06. The van der Waals surface area contributed by atoms with Crippen molar-refractivity contribution in [3.05, 3.63) is 41.1 Å². The third-order valence-electron chi connectivity index (χ3n) is 3.81. The molecule has 0 saturated carbocycles. The van der Waals surface area contributed by atoms with Gasteiger partial charge in [-0.2, -0.15) is 4.68 Å². The Balaban J connectivity index is 1.86. The van der Waals surface area contributed by atoms with Crippen LogP contribution in [0.3, 0.4) is 0 Å². The molecule has 8 heteroatoms. The van der Waals surface area contributed by atoms with Crippen LogP contribution >= 0.6 is 11.8 Å². The summed E-state index contributed by atoms with van der Waals surface area (Å²) in [5, 5.41) is 14.9. The standard InChI is InChI=1S/C14H13N5O2S/c1-21-9-4-2-8(3-5-9)13-12-10(6-22-7-11(12)20)15-14-16-17-18-19(13)14/h2-5,13H,6-7H2,1H3,(H,15,16,18). The first-order valence-electron chi connectivity index (χ1n) is 6.81. The molecule has 0 saturated heterocycles. The van der Waals surface area contributed by atoms with E-state index in [1.165, 1.54) is 0 Å². The Morgan fingerprint density at radius 2 is 2.14 bits per heavy atom. The Bertz CT molecular complexity index is 768. The third kappa shape index (κ3) is 1.98. The minimum absolute atomic E-state index is 0.126. The SMILES string of the molecule is COc1ccc(C2C3=C(CSCC3=O)Nc3nnnn32)cc1. The molecule has 0 fully saturated rings. The van der Waals surface area contributed by atoms with Gasteiger partial charge in [0.05, 0.1) is 12.9 Å². The molecule has 1 N–H and O–H groups in total. The zero-order chi connectivity index (χ0) is 15.1. The zero-order valence-electron chi connectivity index (χ0n) is 11.8. The summed E-state index contributed by atoms with van der Waals surface area (Å²) in [7, 11) is 1.63. The van der Waals surface area contributed by atoms with Gasteiger partial charge in [-0.15, -0.1) is 11.8 Å². The molecule has 0 aliphatic carbocycles. The zero-order valence-corrected chi connectivity index (χ0v) is 12.6. The van der Waals surface area contributed by atoms with E-state index < -0.39 is 0 Å². The number of rotatable bonds is 2. The molecular formula is C14H13N5O2S. The molecule has 112 valence electrons. The Kier molecular flexibility index (Phi) is 3.11. The highest BCUT2D eigenvalue weighted by molar-refractivity contribution is 8.00. The van der Waals surface area contributed by atoms with Gasteiger partial charge >= 0.3 is 0 Å². The van der Waals surface area contributed by atoms with Crippen LogP contribution in [0.25, 0.3) is 0 Å². The van der Waals surface area contributed by atoms with Crippen LogP contribution in [0.15, 0.2) is 35.5 Å². The fourth-order valence-corrected chi connectivity index (χ4v) is 3.67. The van der Waals surface area contributed by atoms with Crippen molar-refractivity contribution >= 4 is 23.5 Å². The second-order valence-corrected chi connectivity index (χ2v) is 6.04. The molecule has 2 aromatic rings. The minimum atomic E-state index is -0.291. The smallest absolute Gasteiger partial charge is 0.248 e. The van der Waals surface area contributed by atoms with Crippen molar-refractivity contribution in [3.8, 4) is 5.75 Å². The molecule has 2 aliphatic heterocycles. The van der Waals surface area contributed by atoms with Gasteiger partial charge in [0.2, 0.25) is 5.95 Å². The van der Waals surface area contributed by atoms with Gasteiger partial charge in [0.1, 0.15) is 11.8 Å². The van der Waals surface area contributed by atoms with Crippen LogP contribution in [0, 0.1) is 0 Å². The number of carbonyl (C=O) groups excluding carboxylic acids is 1. The van der Waals surface area contributed by atoms with Gasteiger partial charge in [0.15, 0.2) is 5.78 Å². The lowest BCUT2D eigenvalue weighted by atomic mass is 9.93. The van der Waals surface area contributed by atoms with Crippen LogP contribution in [0.4, 0.5) is 5.95 Å². The highest BCUT2D eigenvalue weighted by Gasteiger charge is 2.36. The summed E-state index contributed by atoms with van der Waals surface area (Å²) in [6, 6.07) is 7.35. The first kappa shape index (κ1) is 13.3. The van der Waals surface area contributed by atoms with E-state index in [1.807, 2.05) is 24.3 Å². The first-order chi connectivity index (χ1) is 10.8. The van der Waals surface area contributed by atoms with E-state index in [-0.39, 0.29) is 11.8 Å². The summed E-state index contributed by atoms with van der Waals surface area (Å²) in [5.74, 6) is 2.72. The van der Waals surface area contributed by atoms with Crippen molar-refractivity contribution in [3.63, 3.8) is 0 Å². The number of Topliss-reactive ketones (excluding diaryl/α,β-unsaturated/α-hetero) is 1. The van der Waals surface area contributed by atoms with E-state index in [9.17, 15) is 4.79 Å². The number of aromatic nitrogens is 4. The molecule has 22 heavy (non-hydrogen) atoms. The molecule has 0 amide bonds. The minimum Gasteiger partial charge on any atom is -0.497 e. The van der Waals surface area contributed by atoms with Gasteiger partial charge in [-0.25, -0.2) is 0 Å². The van der Waals surface area contributed by atoms with E-state index >= 15 is 0 Å². The maximum atomic E-state index is 12.4. The van der Waals surface area contributed by atoms with Gasteiger partial charge in [-0.1, -0.05) is 17.2 Å². The number of tetrazole rings is 1. The first-order valence-corrected chi connectivity index (χ1v) is 7.96. The topological polar surface area (TPSA) is 81.9 Å². The fourth-order valence-electron chi connectivity index (χ4n) is 2.79. The number of fused-ring (bicyclic) bond motifs is 1. The molecule has 7 nitrogen and oxygen atoms in total. The highest BCUT2D eigenvalue weighted by Crippen LogP contribution is 2.38. The van der Waals surface area contributed by atoms with Gasteiger partial charge < -0.3 is 10.1 Å². The lowest BCUT2D eigenvalue weighted by molar-refractivity contribution is -0.113. The van der Waals surface area contributed by atoms with E-state index in [0.29, 0.717) is 11.7 Å². The number of thioether (sulfide) groups is 1. The van der Waals surface area contributed by atoms with Crippen molar-refractivity contribution in [2.75, 3.05) is 23.9 Å². The van der Waals surface area contributed by atoms with Crippen LogP contribution in [-0.4, -0.2) is 44.6 Å². The van der Waals surface area contributed by atoms with Gasteiger partial charge in [0, 0.05) is 17.0 Å². The van der Waals surface area contributed by atoms with E-state index in [2.05, 4.69) is 20.8 Å². The maximum Gasteiger partial charge on any atom is 0.248 e. The summed E-state index contributed by atoms with van der Waals surface area (Å²) < 4.78 is 6.86. The average Bonchev–Trinajstić information content (AvgIpc) is 3.01. The van der Waals surface area contributed by atoms with Crippen LogP contribution in [0.2, 0.25) is 0 Å². The summed E-state index contributed by atoms with van der Waals surface area (Å²) >= 11 is 1.60. The van der Waals surface area contributed by atoms with Crippen molar-refractivity contribution in [1.82, 2.24) is 20.2 Å². The highest BCUT2D eigenvalue weighted by atomic mass is 32.2. The van der Waals surface area contributed by atoms with Crippen LogP contribution in [0.5, 0.6) is 5.75 Å². The summed E-state index contributed by atoms with van der Waals surface area (Å²) in [6.07, 6.45) is 0. The Morgan fingerprint density at radius 1 is 1.32 bits per heavy atom. The van der Waals surface area contributed by atoms with E-state index in [1.54, 1.807) is 23.6 Å². The predicted octanol–water partition coefficient (Wildman–Crippen LogP) is 1.27. The number of nitrogens with zero attached hydrogens (tertiary/aromatic N) is 4. The third-order valence-corrected chi connectivity index (χ3v) is 4.77. The molecule has 3 heterocycles. The lowest BCUT2D eigenvalue weighted by Gasteiger charge is -2.31. The molecular weight excluding hydrogens is 302 g/mol. The number of carbonyl (C=O) groups is 1. The molecule has 1 atom stereocenters. The Labute approximate surface area is 130 Å². The molecule has 0 bridgehead atoms. The maximum absolute atomic E-state index is 12.4. The van der Waals surface area contributed by atoms with Crippen molar-refractivity contribution in [2.24, 2.45) is 0 Å². The fraction of sp³-hybridized carbons (Fsp3) is 0.286. The average molecular weight is 315 g/mol. The van der Waals surface area contributed by atoms with Crippen molar-refractivity contribution < 1.29 is 9.53 Å². The van der Waals surface area contributed by atoms with E-state index in [0.717, 1.165) is 28.3 Å². The number of anilines is 1. The number of benzene rings is 1. The number of ketones is 1. The molecule has 0 radical (unpaired) electrons. The molecule has 1 aromatic heterocycles. The van der Waals surface area contributed by atoms with Gasteiger partial charge in [0.25, 0.3) is 0 Å². The molecule has 0 spiro atoms. The molecule has 1 unspecified atom stereocenters. The van der Waals surface area contributed by atoms with E-state index in [4.69, 9.17) is 4.74 Å². The quantitative estimate of drug-likeness (QED) is 0.893. The summed E-state index contributed by atoms with van der Waals surface area (Å²) in [6.45, 7) is 0. The van der Waals surface area contributed by atoms with Gasteiger partial charge in [-0.3, -0.25) is 4.79 Å². The monoisotopic (exact) mass is 315 g/mol. The van der Waals surface area contributed by atoms with Crippen LogP contribution < -0.4 is 10.1 Å². The molecule has 1 aromatic carbocycles. The number of hydrogen-bond acceptors (Lipinski definition) is 7. The number of methoxy groups -OCH3 is 1.